The van der Waals surface area contributed by atoms with E-state index in [1.807, 2.05) is 0 Å². The summed E-state index contributed by atoms with van der Waals surface area (Å²) in [6, 6.07) is 5.09. The van der Waals surface area contributed by atoms with Crippen molar-refractivity contribution in [3.8, 4) is 5.75 Å². The number of halogens is 4. The van der Waals surface area contributed by atoms with Crippen LogP contribution in [0.1, 0.15) is 16.7 Å². The van der Waals surface area contributed by atoms with E-state index in [1.54, 1.807) is 0 Å². The SMILES string of the molecule is OC(c1cccc(OC(F)(F)F)c1)c1ncc(Cl)s1. The van der Waals surface area contributed by atoms with Gasteiger partial charge in [0.2, 0.25) is 0 Å². The van der Waals surface area contributed by atoms with Crippen LogP contribution in [0.15, 0.2) is 30.5 Å². The first-order chi connectivity index (χ1) is 8.85. The molecule has 0 amide bonds. The van der Waals surface area contributed by atoms with Crippen LogP contribution < -0.4 is 4.74 Å². The molecule has 8 heteroatoms. The molecule has 0 aliphatic rings. The van der Waals surface area contributed by atoms with Crippen molar-refractivity contribution in [3.63, 3.8) is 0 Å². The van der Waals surface area contributed by atoms with Gasteiger partial charge in [-0.1, -0.05) is 23.7 Å². The Bertz CT molecular complexity index is 573. The number of hydrogen-bond acceptors (Lipinski definition) is 4. The maximum Gasteiger partial charge on any atom is 0.573 e. The van der Waals surface area contributed by atoms with Crippen molar-refractivity contribution in [2.24, 2.45) is 0 Å². The predicted molar refractivity (Wildman–Crippen MR) is 64.3 cm³/mol. The van der Waals surface area contributed by atoms with Crippen molar-refractivity contribution in [1.29, 1.82) is 0 Å². The zero-order chi connectivity index (χ0) is 14.0. The lowest BCUT2D eigenvalue weighted by Gasteiger charge is -2.12. The summed E-state index contributed by atoms with van der Waals surface area (Å²) in [5, 5.41) is 10.3. The Morgan fingerprint density at radius 3 is 2.68 bits per heavy atom. The van der Waals surface area contributed by atoms with E-state index < -0.39 is 18.2 Å². The lowest BCUT2D eigenvalue weighted by Crippen LogP contribution is -2.17. The molecule has 0 aliphatic carbocycles. The van der Waals surface area contributed by atoms with E-state index in [4.69, 9.17) is 11.6 Å². The number of aliphatic hydroxyl groups is 1. The van der Waals surface area contributed by atoms with Crippen LogP contribution in [0.5, 0.6) is 5.75 Å². The minimum absolute atomic E-state index is 0.243. The summed E-state index contributed by atoms with van der Waals surface area (Å²) < 4.78 is 40.4. The first-order valence-corrected chi connectivity index (χ1v) is 6.19. The Kier molecular flexibility index (Phi) is 3.98. The normalized spacial score (nSPS) is 13.3. The molecule has 3 nitrogen and oxygen atoms in total. The number of ether oxygens (including phenoxy) is 1. The molecule has 1 heterocycles. The minimum Gasteiger partial charge on any atom is -0.406 e. The number of nitrogens with zero attached hydrogens (tertiary/aromatic N) is 1. The molecule has 0 saturated carbocycles. The van der Waals surface area contributed by atoms with Gasteiger partial charge in [-0.05, 0) is 17.7 Å². The van der Waals surface area contributed by atoms with Crippen LogP contribution in [0.4, 0.5) is 13.2 Å². The molecular formula is C11H7ClF3NO2S. The zero-order valence-corrected chi connectivity index (χ0v) is 10.8. The minimum atomic E-state index is -4.77. The van der Waals surface area contributed by atoms with Crippen molar-refractivity contribution < 1.29 is 23.0 Å². The maximum atomic E-state index is 12.1. The van der Waals surface area contributed by atoms with Gasteiger partial charge < -0.3 is 9.84 Å². The number of hydrogen-bond donors (Lipinski definition) is 1. The molecule has 0 saturated heterocycles. The third kappa shape index (κ3) is 3.82. The van der Waals surface area contributed by atoms with E-state index in [-0.39, 0.29) is 5.56 Å². The topological polar surface area (TPSA) is 42.4 Å². The van der Waals surface area contributed by atoms with Crippen molar-refractivity contribution in [2.75, 3.05) is 0 Å². The molecule has 19 heavy (non-hydrogen) atoms. The number of aromatic nitrogens is 1. The summed E-state index contributed by atoms with van der Waals surface area (Å²) in [6.45, 7) is 0. The third-order valence-electron chi connectivity index (χ3n) is 2.14. The summed E-state index contributed by atoms with van der Waals surface area (Å²) in [6.07, 6.45) is -4.55. The first-order valence-electron chi connectivity index (χ1n) is 5.00. The third-order valence-corrected chi connectivity index (χ3v) is 3.30. The second kappa shape index (κ2) is 5.36. The number of benzene rings is 1. The van der Waals surface area contributed by atoms with Gasteiger partial charge in [0.25, 0.3) is 0 Å². The Morgan fingerprint density at radius 2 is 2.11 bits per heavy atom. The van der Waals surface area contributed by atoms with Crippen molar-refractivity contribution in [2.45, 2.75) is 12.5 Å². The number of alkyl halides is 3. The number of aliphatic hydroxyl groups excluding tert-OH is 1. The highest BCUT2D eigenvalue weighted by Gasteiger charge is 2.31. The lowest BCUT2D eigenvalue weighted by molar-refractivity contribution is -0.274. The average Bonchev–Trinajstić information content (AvgIpc) is 2.73. The van der Waals surface area contributed by atoms with E-state index in [0.29, 0.717) is 9.34 Å². The Balaban J connectivity index is 2.23. The fourth-order valence-electron chi connectivity index (χ4n) is 1.42. The molecule has 102 valence electrons. The van der Waals surface area contributed by atoms with E-state index in [9.17, 15) is 18.3 Å². The van der Waals surface area contributed by atoms with E-state index in [0.717, 1.165) is 23.5 Å². The van der Waals surface area contributed by atoms with Crippen LogP contribution in [0.3, 0.4) is 0 Å². The van der Waals surface area contributed by atoms with Crippen LogP contribution >= 0.6 is 22.9 Å². The Hall–Kier alpha value is -1.31. The molecule has 1 aromatic heterocycles. The number of thiazole rings is 1. The summed E-state index contributed by atoms with van der Waals surface area (Å²) in [7, 11) is 0. The van der Waals surface area contributed by atoms with Crippen LogP contribution in [-0.4, -0.2) is 16.5 Å². The van der Waals surface area contributed by atoms with Gasteiger partial charge in [0.1, 0.15) is 21.2 Å². The average molecular weight is 310 g/mol. The van der Waals surface area contributed by atoms with Crippen LogP contribution in [0, 0.1) is 0 Å². The van der Waals surface area contributed by atoms with Crippen molar-refractivity contribution >= 4 is 22.9 Å². The summed E-state index contributed by atoms with van der Waals surface area (Å²) in [4.78, 5) is 3.87. The molecule has 1 aromatic carbocycles. The van der Waals surface area contributed by atoms with Gasteiger partial charge in [-0.25, -0.2) is 4.98 Å². The van der Waals surface area contributed by atoms with Crippen molar-refractivity contribution in [1.82, 2.24) is 4.98 Å². The molecule has 1 atom stereocenters. The van der Waals surface area contributed by atoms with Gasteiger partial charge in [-0.2, -0.15) is 0 Å². The Morgan fingerprint density at radius 1 is 1.37 bits per heavy atom. The summed E-state index contributed by atoms with van der Waals surface area (Å²) in [5.74, 6) is -0.397. The quantitative estimate of drug-likeness (QED) is 0.938. The summed E-state index contributed by atoms with van der Waals surface area (Å²) in [5.41, 5.74) is 0.243. The monoisotopic (exact) mass is 309 g/mol. The largest absolute Gasteiger partial charge is 0.573 e. The Labute approximate surface area is 115 Å². The molecule has 0 spiro atoms. The molecule has 1 unspecified atom stereocenters. The maximum absolute atomic E-state index is 12.1. The smallest absolute Gasteiger partial charge is 0.406 e. The van der Waals surface area contributed by atoms with Crippen molar-refractivity contribution in [3.05, 3.63) is 45.4 Å². The fraction of sp³-hybridized carbons (Fsp3) is 0.182. The first kappa shape index (κ1) is 14.1. The van der Waals surface area contributed by atoms with Gasteiger partial charge in [-0.15, -0.1) is 24.5 Å². The second-order valence-electron chi connectivity index (χ2n) is 3.53. The van der Waals surface area contributed by atoms with Gasteiger partial charge in [0, 0.05) is 0 Å². The second-order valence-corrected chi connectivity index (χ2v) is 5.22. The highest BCUT2D eigenvalue weighted by Crippen LogP contribution is 2.31. The van der Waals surface area contributed by atoms with Crippen LogP contribution in [0.25, 0.3) is 0 Å². The standard InChI is InChI=1S/C11H7ClF3NO2S/c12-8-5-16-10(19-8)9(17)6-2-1-3-7(4-6)18-11(13,14)15/h1-5,9,17H. The van der Waals surface area contributed by atoms with Gasteiger partial charge in [0.15, 0.2) is 0 Å². The number of rotatable bonds is 3. The molecule has 0 fully saturated rings. The molecule has 2 aromatic rings. The molecule has 1 N–H and O–H groups in total. The van der Waals surface area contributed by atoms with Gasteiger partial charge in [-0.3, -0.25) is 0 Å². The molecule has 0 radical (unpaired) electrons. The molecule has 0 aliphatic heterocycles. The predicted octanol–water partition coefficient (Wildman–Crippen LogP) is 3.78. The van der Waals surface area contributed by atoms with E-state index in [2.05, 4.69) is 9.72 Å². The van der Waals surface area contributed by atoms with E-state index >= 15 is 0 Å². The zero-order valence-electron chi connectivity index (χ0n) is 9.19. The van der Waals surface area contributed by atoms with Gasteiger partial charge in [0.05, 0.1) is 6.20 Å². The van der Waals surface area contributed by atoms with Crippen LogP contribution in [-0.2, 0) is 0 Å². The lowest BCUT2D eigenvalue weighted by atomic mass is 10.1. The molecular weight excluding hydrogens is 303 g/mol. The van der Waals surface area contributed by atoms with Gasteiger partial charge >= 0.3 is 6.36 Å². The highest BCUT2D eigenvalue weighted by molar-refractivity contribution is 7.15. The molecule has 2 rings (SSSR count). The molecule has 0 bridgehead atoms. The summed E-state index contributed by atoms with van der Waals surface area (Å²) >= 11 is 6.73. The van der Waals surface area contributed by atoms with E-state index in [1.165, 1.54) is 18.3 Å². The van der Waals surface area contributed by atoms with Crippen LogP contribution in [0.2, 0.25) is 4.34 Å². The highest BCUT2D eigenvalue weighted by atomic mass is 35.5. The fourth-order valence-corrected chi connectivity index (χ4v) is 2.36.